The normalized spacial score (nSPS) is 10.9. The molecule has 0 N–H and O–H groups in total. The van der Waals surface area contributed by atoms with Crippen molar-refractivity contribution in [3.8, 4) is 0 Å². The van der Waals surface area contributed by atoms with Crippen molar-refractivity contribution < 1.29 is 7.12 Å². The number of aryl methyl sites for hydroxylation is 2. The zero-order valence-electron chi connectivity index (χ0n) is 6.91. The standard InChI is InChI=1S/C8H9ClN2Se/c1-10-7-4-3-6(9)5-8(7)11(2)12-10/h3-5H,1-2H3/q+2. The van der Waals surface area contributed by atoms with Crippen molar-refractivity contribution in [2.24, 2.45) is 14.1 Å². The predicted octanol–water partition coefficient (Wildman–Crippen LogP) is 0.199. The number of rotatable bonds is 0. The Morgan fingerprint density at radius 1 is 1.17 bits per heavy atom. The molecule has 2 aromatic rings. The first-order valence-corrected chi connectivity index (χ1v) is 5.54. The van der Waals surface area contributed by atoms with E-state index in [1.165, 1.54) is 11.0 Å². The van der Waals surface area contributed by atoms with Crippen LogP contribution < -0.4 is 7.12 Å². The van der Waals surface area contributed by atoms with Gasteiger partial charge >= 0.3 is 82.0 Å². The number of nitrogens with zero attached hydrogens (tertiary/aromatic N) is 2. The molecule has 0 aliphatic rings. The van der Waals surface area contributed by atoms with Gasteiger partial charge in [0.1, 0.15) is 0 Å². The molecule has 0 unspecified atom stereocenters. The summed E-state index contributed by atoms with van der Waals surface area (Å²) < 4.78 is 4.51. The van der Waals surface area contributed by atoms with Gasteiger partial charge in [0.2, 0.25) is 0 Å². The van der Waals surface area contributed by atoms with Crippen LogP contribution in [0.1, 0.15) is 0 Å². The second-order valence-electron chi connectivity index (χ2n) is 2.71. The molecule has 62 valence electrons. The molecule has 1 heterocycles. The molecule has 2 rings (SSSR count). The third kappa shape index (κ3) is 1.18. The van der Waals surface area contributed by atoms with E-state index in [9.17, 15) is 0 Å². The molecule has 0 spiro atoms. The summed E-state index contributed by atoms with van der Waals surface area (Å²) in [6.07, 6.45) is 0. The van der Waals surface area contributed by atoms with Gasteiger partial charge in [-0.25, -0.2) is 0 Å². The summed E-state index contributed by atoms with van der Waals surface area (Å²) in [5.41, 5.74) is 2.52. The third-order valence-electron chi connectivity index (χ3n) is 1.86. The van der Waals surface area contributed by atoms with Gasteiger partial charge in [-0.3, -0.25) is 0 Å². The topological polar surface area (TPSA) is 7.76 Å². The zero-order chi connectivity index (χ0) is 8.72. The van der Waals surface area contributed by atoms with Gasteiger partial charge in [-0.05, 0) is 0 Å². The summed E-state index contributed by atoms with van der Waals surface area (Å²) in [6, 6.07) is 6.02. The Labute approximate surface area is 82.2 Å². The molecule has 0 saturated carbocycles. The molecule has 12 heavy (non-hydrogen) atoms. The molecular weight excluding hydrogens is 239 g/mol. The monoisotopic (exact) mass is 248 g/mol. The van der Waals surface area contributed by atoms with Crippen molar-refractivity contribution >= 4 is 37.6 Å². The van der Waals surface area contributed by atoms with Crippen LogP contribution in [0.2, 0.25) is 5.02 Å². The second kappa shape index (κ2) is 2.84. The Balaban J connectivity index is 2.90. The van der Waals surface area contributed by atoms with Crippen LogP contribution in [0.3, 0.4) is 0 Å². The van der Waals surface area contributed by atoms with Gasteiger partial charge in [0.05, 0.1) is 0 Å². The number of hydrogen-bond acceptors (Lipinski definition) is 0. The first kappa shape index (κ1) is 8.24. The first-order chi connectivity index (χ1) is 5.68. The Bertz CT molecular complexity index is 436. The summed E-state index contributed by atoms with van der Waals surface area (Å²) in [5, 5.41) is 0.812. The van der Waals surface area contributed by atoms with E-state index in [0.717, 1.165) is 5.02 Å². The fourth-order valence-corrected chi connectivity index (χ4v) is 3.22. The molecular formula is C8H9ClN2Se+2. The van der Waals surface area contributed by atoms with E-state index in [2.05, 4.69) is 27.3 Å². The number of halogens is 1. The fourth-order valence-electron chi connectivity index (χ4n) is 1.29. The van der Waals surface area contributed by atoms with Gasteiger partial charge in [-0.1, -0.05) is 0 Å². The van der Waals surface area contributed by atoms with E-state index in [0.29, 0.717) is 15.0 Å². The van der Waals surface area contributed by atoms with Gasteiger partial charge < -0.3 is 0 Å². The van der Waals surface area contributed by atoms with Crippen molar-refractivity contribution in [2.45, 2.75) is 0 Å². The van der Waals surface area contributed by atoms with Gasteiger partial charge in [-0.15, -0.1) is 0 Å². The average Bonchev–Trinajstić information content (AvgIpc) is 2.28. The minimum atomic E-state index is 0.396. The number of fused-ring (bicyclic) bond motifs is 1. The van der Waals surface area contributed by atoms with E-state index < -0.39 is 0 Å². The summed E-state index contributed by atoms with van der Waals surface area (Å²) in [5.74, 6) is 0. The molecule has 2 nitrogen and oxygen atoms in total. The molecule has 0 fully saturated rings. The molecule has 1 aromatic heterocycles. The van der Waals surface area contributed by atoms with Crippen molar-refractivity contribution in [3.05, 3.63) is 23.2 Å². The fraction of sp³-hybridized carbons (Fsp3) is 0.250. The van der Waals surface area contributed by atoms with Crippen molar-refractivity contribution in [2.75, 3.05) is 0 Å². The zero-order valence-corrected chi connectivity index (χ0v) is 9.38. The molecule has 0 atom stereocenters. The Morgan fingerprint density at radius 3 is 2.58 bits per heavy atom. The SMILES string of the molecule is C[n+]1[se][n+](C)c2cc(Cl)ccc21. The van der Waals surface area contributed by atoms with E-state index in [4.69, 9.17) is 11.6 Å². The van der Waals surface area contributed by atoms with Crippen molar-refractivity contribution in [1.82, 2.24) is 0 Å². The van der Waals surface area contributed by atoms with Crippen LogP contribution in [0.25, 0.3) is 11.0 Å². The summed E-state index contributed by atoms with van der Waals surface area (Å²) in [4.78, 5) is 0. The van der Waals surface area contributed by atoms with Gasteiger partial charge in [-0.2, -0.15) is 0 Å². The molecule has 0 radical (unpaired) electrons. The molecule has 0 amide bonds. The van der Waals surface area contributed by atoms with Crippen LogP contribution in [0, 0.1) is 0 Å². The summed E-state index contributed by atoms with van der Waals surface area (Å²) in [7, 11) is 4.20. The Hall–Kier alpha value is -0.371. The van der Waals surface area contributed by atoms with Crippen molar-refractivity contribution in [3.63, 3.8) is 0 Å². The van der Waals surface area contributed by atoms with Gasteiger partial charge in [0.25, 0.3) is 0 Å². The number of aromatic nitrogens is 2. The summed E-state index contributed by atoms with van der Waals surface area (Å²) >= 11 is 6.29. The van der Waals surface area contributed by atoms with Crippen molar-refractivity contribution in [1.29, 1.82) is 0 Å². The molecule has 4 heteroatoms. The number of benzene rings is 1. The Morgan fingerprint density at radius 2 is 1.83 bits per heavy atom. The van der Waals surface area contributed by atoms with Gasteiger partial charge in [0.15, 0.2) is 0 Å². The van der Waals surface area contributed by atoms with Crippen LogP contribution in [0.5, 0.6) is 0 Å². The molecule has 0 saturated heterocycles. The minimum absolute atomic E-state index is 0.396. The summed E-state index contributed by atoms with van der Waals surface area (Å²) in [6.45, 7) is 0. The molecule has 0 aliphatic carbocycles. The van der Waals surface area contributed by atoms with E-state index >= 15 is 0 Å². The predicted molar refractivity (Wildman–Crippen MR) is 48.3 cm³/mol. The van der Waals surface area contributed by atoms with Crippen LogP contribution in [-0.4, -0.2) is 15.0 Å². The maximum atomic E-state index is 5.90. The molecule has 0 aliphatic heterocycles. The van der Waals surface area contributed by atoms with Gasteiger partial charge in [0, 0.05) is 0 Å². The van der Waals surface area contributed by atoms with E-state index in [1.807, 2.05) is 12.1 Å². The third-order valence-corrected chi connectivity index (χ3v) is 3.95. The first-order valence-electron chi connectivity index (χ1n) is 3.63. The van der Waals surface area contributed by atoms with E-state index in [-0.39, 0.29) is 0 Å². The molecule has 0 bridgehead atoms. The van der Waals surface area contributed by atoms with Crippen LogP contribution in [0.4, 0.5) is 0 Å². The quantitative estimate of drug-likeness (QED) is 0.588. The van der Waals surface area contributed by atoms with Crippen LogP contribution in [-0.2, 0) is 14.1 Å². The molecule has 1 aromatic carbocycles. The van der Waals surface area contributed by atoms with E-state index in [1.54, 1.807) is 0 Å². The number of hydrogen-bond donors (Lipinski definition) is 0. The Kier molecular flexibility index (Phi) is 1.95. The maximum absolute atomic E-state index is 5.90. The van der Waals surface area contributed by atoms with Crippen LogP contribution >= 0.6 is 11.6 Å². The van der Waals surface area contributed by atoms with Crippen LogP contribution in [0.15, 0.2) is 18.2 Å². The second-order valence-corrected chi connectivity index (χ2v) is 5.79. The average molecular weight is 248 g/mol.